The summed E-state index contributed by atoms with van der Waals surface area (Å²) in [5.74, 6) is -0.949. The van der Waals surface area contributed by atoms with E-state index in [2.05, 4.69) is 34.9 Å². The van der Waals surface area contributed by atoms with Gasteiger partial charge >= 0.3 is 12.1 Å². The molecule has 4 rings (SSSR count). The van der Waals surface area contributed by atoms with Crippen molar-refractivity contribution in [1.82, 2.24) is 10.6 Å². The van der Waals surface area contributed by atoms with Gasteiger partial charge in [0.1, 0.15) is 12.6 Å². The van der Waals surface area contributed by atoms with E-state index in [9.17, 15) is 19.5 Å². The molecule has 2 unspecified atom stereocenters. The van der Waals surface area contributed by atoms with Gasteiger partial charge in [-0.2, -0.15) is 0 Å². The van der Waals surface area contributed by atoms with Gasteiger partial charge in [0.25, 0.3) is 0 Å². The number of amides is 2. The zero-order chi connectivity index (χ0) is 24.9. The third-order valence-electron chi connectivity index (χ3n) is 7.02. The van der Waals surface area contributed by atoms with Crippen molar-refractivity contribution in [2.75, 3.05) is 6.61 Å². The Bertz CT molecular complexity index is 1040. The number of ether oxygens (including phenoxy) is 1. The number of nitrogens with one attached hydrogen (secondary N) is 2. The van der Waals surface area contributed by atoms with Crippen LogP contribution in [0.4, 0.5) is 4.79 Å². The van der Waals surface area contributed by atoms with Crippen molar-refractivity contribution in [3.63, 3.8) is 0 Å². The fraction of sp³-hybridized carbons (Fsp3) is 0.464. The van der Waals surface area contributed by atoms with Crippen LogP contribution >= 0.6 is 0 Å². The molecule has 0 aliphatic heterocycles. The molecule has 2 aromatic carbocycles. The minimum Gasteiger partial charge on any atom is -0.480 e. The highest BCUT2D eigenvalue weighted by atomic mass is 16.5. The molecular weight excluding hydrogens is 444 g/mol. The molecular formula is C28H34N2O5. The molecule has 0 heterocycles. The molecule has 3 atom stereocenters. The molecule has 0 spiro atoms. The third-order valence-corrected chi connectivity index (χ3v) is 7.02. The summed E-state index contributed by atoms with van der Waals surface area (Å²) in [6, 6.07) is 15.5. The summed E-state index contributed by atoms with van der Waals surface area (Å²) in [6.07, 6.45) is 2.49. The van der Waals surface area contributed by atoms with E-state index in [1.807, 2.05) is 38.1 Å². The smallest absolute Gasteiger partial charge is 0.407 e. The van der Waals surface area contributed by atoms with Gasteiger partial charge < -0.3 is 20.5 Å². The summed E-state index contributed by atoms with van der Waals surface area (Å²) in [6.45, 7) is 4.13. The number of hydrogen-bond donors (Lipinski definition) is 3. The van der Waals surface area contributed by atoms with Crippen molar-refractivity contribution < 1.29 is 24.2 Å². The number of benzene rings is 2. The average Bonchev–Trinajstić information content (AvgIpc) is 3.38. The van der Waals surface area contributed by atoms with Gasteiger partial charge in [0, 0.05) is 18.4 Å². The van der Waals surface area contributed by atoms with Gasteiger partial charge in [0.05, 0.1) is 0 Å². The van der Waals surface area contributed by atoms with Gasteiger partial charge in [-0.3, -0.25) is 4.79 Å². The van der Waals surface area contributed by atoms with Crippen LogP contribution in [0.3, 0.4) is 0 Å². The maximum Gasteiger partial charge on any atom is 0.407 e. The summed E-state index contributed by atoms with van der Waals surface area (Å²) in [5, 5.41) is 14.9. The van der Waals surface area contributed by atoms with Crippen LogP contribution in [-0.2, 0) is 14.3 Å². The number of rotatable bonds is 9. The number of carbonyl (C=O) groups excluding carboxylic acids is 2. The maximum absolute atomic E-state index is 12.6. The van der Waals surface area contributed by atoms with E-state index >= 15 is 0 Å². The second kappa shape index (κ2) is 10.9. The lowest BCUT2D eigenvalue weighted by molar-refractivity contribution is -0.142. The monoisotopic (exact) mass is 478 g/mol. The standard InChI is InChI=1S/C28H34N2O5/c1-17(2)13-25(27(32)33)30-26(31)15-18-11-12-19(14-18)29-28(34)35-16-24-22-9-5-3-7-20(22)21-8-4-6-10-23(21)24/h3-10,17-19,24-25H,11-16H2,1-2H3,(H,29,34)(H,30,31)(H,32,33)/t18?,19?,25-/m1/s1. The van der Waals surface area contributed by atoms with Crippen LogP contribution in [0, 0.1) is 11.8 Å². The number of carbonyl (C=O) groups is 3. The molecule has 0 aromatic heterocycles. The Morgan fingerprint density at radius 1 is 1.00 bits per heavy atom. The molecule has 2 aromatic rings. The molecule has 7 nitrogen and oxygen atoms in total. The molecule has 1 fully saturated rings. The highest BCUT2D eigenvalue weighted by Gasteiger charge is 2.31. The minimum absolute atomic E-state index is 0.0150. The number of carboxylic acid groups (broad SMARTS) is 1. The second-order valence-corrected chi connectivity index (χ2v) is 10.1. The van der Waals surface area contributed by atoms with E-state index in [0.29, 0.717) is 12.8 Å². The van der Waals surface area contributed by atoms with Crippen molar-refractivity contribution in [1.29, 1.82) is 0 Å². The highest BCUT2D eigenvalue weighted by molar-refractivity contribution is 5.83. The molecule has 2 aliphatic rings. The predicted octanol–water partition coefficient (Wildman–Crippen LogP) is 4.70. The zero-order valence-electron chi connectivity index (χ0n) is 20.3. The number of hydrogen-bond acceptors (Lipinski definition) is 4. The quantitative estimate of drug-likeness (QED) is 0.485. The first-order valence-corrected chi connectivity index (χ1v) is 12.5. The van der Waals surface area contributed by atoms with E-state index in [4.69, 9.17) is 4.74 Å². The topological polar surface area (TPSA) is 105 Å². The summed E-state index contributed by atoms with van der Waals surface area (Å²) in [5.41, 5.74) is 4.72. The molecule has 186 valence electrons. The Labute approximate surface area is 206 Å². The van der Waals surface area contributed by atoms with Gasteiger partial charge in [-0.1, -0.05) is 62.4 Å². The van der Waals surface area contributed by atoms with E-state index in [1.54, 1.807) is 0 Å². The van der Waals surface area contributed by atoms with Crippen molar-refractivity contribution >= 4 is 18.0 Å². The molecule has 2 aliphatic carbocycles. The zero-order valence-corrected chi connectivity index (χ0v) is 20.3. The Morgan fingerprint density at radius 3 is 2.23 bits per heavy atom. The van der Waals surface area contributed by atoms with Crippen molar-refractivity contribution in [2.45, 2.75) is 64.0 Å². The Morgan fingerprint density at radius 2 is 1.63 bits per heavy atom. The van der Waals surface area contributed by atoms with Crippen LogP contribution in [0.5, 0.6) is 0 Å². The summed E-state index contributed by atoms with van der Waals surface area (Å²) < 4.78 is 5.64. The van der Waals surface area contributed by atoms with Crippen LogP contribution in [0.1, 0.15) is 63.0 Å². The molecule has 0 radical (unpaired) electrons. The summed E-state index contributed by atoms with van der Waals surface area (Å²) in [4.78, 5) is 36.3. The van der Waals surface area contributed by atoms with Gasteiger partial charge in [-0.05, 0) is 59.8 Å². The normalized spacial score (nSPS) is 19.6. The van der Waals surface area contributed by atoms with E-state index in [-0.39, 0.29) is 42.7 Å². The van der Waals surface area contributed by atoms with Gasteiger partial charge in [-0.15, -0.1) is 0 Å². The molecule has 3 N–H and O–H groups in total. The number of aliphatic carboxylic acids is 1. The fourth-order valence-corrected chi connectivity index (χ4v) is 5.41. The molecule has 0 bridgehead atoms. The average molecular weight is 479 g/mol. The van der Waals surface area contributed by atoms with Crippen LogP contribution in [-0.4, -0.2) is 41.8 Å². The van der Waals surface area contributed by atoms with Crippen LogP contribution in [0.15, 0.2) is 48.5 Å². The van der Waals surface area contributed by atoms with E-state index in [1.165, 1.54) is 22.3 Å². The van der Waals surface area contributed by atoms with E-state index < -0.39 is 18.1 Å². The first kappa shape index (κ1) is 24.8. The number of fused-ring (bicyclic) bond motifs is 3. The Hall–Kier alpha value is -3.35. The van der Waals surface area contributed by atoms with Crippen LogP contribution in [0.25, 0.3) is 11.1 Å². The molecule has 1 saturated carbocycles. The molecule has 35 heavy (non-hydrogen) atoms. The molecule has 7 heteroatoms. The van der Waals surface area contributed by atoms with Gasteiger partial charge in [0.2, 0.25) is 5.91 Å². The van der Waals surface area contributed by atoms with Crippen LogP contribution < -0.4 is 10.6 Å². The van der Waals surface area contributed by atoms with Crippen molar-refractivity contribution in [3.8, 4) is 11.1 Å². The lowest BCUT2D eigenvalue weighted by Crippen LogP contribution is -2.42. The molecule has 2 amide bonds. The van der Waals surface area contributed by atoms with E-state index in [0.717, 1.165) is 12.8 Å². The van der Waals surface area contributed by atoms with Crippen LogP contribution in [0.2, 0.25) is 0 Å². The second-order valence-electron chi connectivity index (χ2n) is 10.1. The SMILES string of the molecule is CC(C)C[C@@H](NC(=O)CC1CCC(NC(=O)OCC2c3ccccc3-c3ccccc32)C1)C(=O)O. The third kappa shape index (κ3) is 6.02. The minimum atomic E-state index is -1.01. The van der Waals surface area contributed by atoms with Gasteiger partial charge in [-0.25, -0.2) is 9.59 Å². The Balaban J connectivity index is 1.24. The lowest BCUT2D eigenvalue weighted by atomic mass is 9.98. The Kier molecular flexibility index (Phi) is 7.73. The van der Waals surface area contributed by atoms with Crippen molar-refractivity contribution in [3.05, 3.63) is 59.7 Å². The predicted molar refractivity (Wildman–Crippen MR) is 133 cm³/mol. The molecule has 0 saturated heterocycles. The van der Waals surface area contributed by atoms with Crippen molar-refractivity contribution in [2.24, 2.45) is 11.8 Å². The lowest BCUT2D eigenvalue weighted by Gasteiger charge is -2.18. The summed E-state index contributed by atoms with van der Waals surface area (Å²) in [7, 11) is 0. The summed E-state index contributed by atoms with van der Waals surface area (Å²) >= 11 is 0. The van der Waals surface area contributed by atoms with Gasteiger partial charge in [0.15, 0.2) is 0 Å². The highest BCUT2D eigenvalue weighted by Crippen LogP contribution is 2.44. The number of alkyl carbamates (subject to hydrolysis) is 1. The maximum atomic E-state index is 12.6. The fourth-order valence-electron chi connectivity index (χ4n) is 5.41. The number of carboxylic acids is 1. The first-order chi connectivity index (χ1) is 16.8. The largest absolute Gasteiger partial charge is 0.480 e. The first-order valence-electron chi connectivity index (χ1n) is 12.5.